The van der Waals surface area contributed by atoms with Crippen molar-refractivity contribution in [1.29, 1.82) is 0 Å². The second kappa shape index (κ2) is 20.7. The number of anilines is 1. The SMILES string of the molecule is COCCOc1cc(/C=C(\CCCOc2cc(C)c(Cl)c(C)c2)c2ccc(Cl)c(-c3c(C)ncnc3C)c2N[C@H](C)CNC=O)c2c(c1)cc(C(=O)O)n2Cc1cc(C)ccn1. The molecular formula is C48H52Cl2N6O6. The van der Waals surface area contributed by atoms with Gasteiger partial charge < -0.3 is 34.5 Å². The molecule has 6 aromatic rings. The third-order valence-corrected chi connectivity index (χ3v) is 11.4. The monoisotopic (exact) mass is 878 g/mol. The zero-order valence-corrected chi connectivity index (χ0v) is 37.6. The van der Waals surface area contributed by atoms with Crippen molar-refractivity contribution in [2.45, 2.75) is 67.0 Å². The van der Waals surface area contributed by atoms with E-state index in [0.717, 1.165) is 67.3 Å². The summed E-state index contributed by atoms with van der Waals surface area (Å²) >= 11 is 13.6. The standard InChI is InChI=1S/C48H52Cl2N6O6/c1-28-12-13-52-37(17-28)25-56-42(48(58)59)23-36-22-39(62-16-15-60-7)21-35(47(36)56)20-34(9-8-14-61-38-18-29(2)45(50)30(3)19-38)40-10-11-41(49)44(43-32(5)53-26-54-33(43)6)46(40)55-31(4)24-51-27-57/h10-13,17-23,26-27,31,55H,8-9,14-16,24-25H2,1-7H3,(H,51,57)(H,58,59)/b34-20+/t31-/m1/s1. The van der Waals surface area contributed by atoms with Crippen LogP contribution in [-0.4, -0.2) is 76.5 Å². The number of aromatic carboxylic acids is 1. The molecular weight excluding hydrogens is 827 g/mol. The lowest BCUT2D eigenvalue weighted by Crippen LogP contribution is -2.30. The summed E-state index contributed by atoms with van der Waals surface area (Å²) in [5.41, 5.74) is 10.6. The van der Waals surface area contributed by atoms with Gasteiger partial charge in [-0.05, 0) is 131 Å². The molecule has 0 aliphatic rings. The smallest absolute Gasteiger partial charge is 0.352 e. The number of pyridine rings is 1. The molecule has 0 aliphatic carbocycles. The van der Waals surface area contributed by atoms with E-state index in [1.54, 1.807) is 23.9 Å². The van der Waals surface area contributed by atoms with Crippen molar-refractivity contribution >= 4 is 63.8 Å². The summed E-state index contributed by atoms with van der Waals surface area (Å²) in [6, 6.07) is 16.8. The predicted molar refractivity (Wildman–Crippen MR) is 247 cm³/mol. The first kappa shape index (κ1) is 45.6. The molecule has 0 unspecified atom stereocenters. The average molecular weight is 880 g/mol. The molecule has 1 atom stereocenters. The van der Waals surface area contributed by atoms with E-state index in [4.69, 9.17) is 37.4 Å². The molecule has 0 saturated carbocycles. The van der Waals surface area contributed by atoms with Crippen LogP contribution in [0, 0.1) is 34.6 Å². The van der Waals surface area contributed by atoms with Crippen LogP contribution in [0.1, 0.15) is 75.2 Å². The van der Waals surface area contributed by atoms with Gasteiger partial charge in [-0.2, -0.15) is 0 Å². The van der Waals surface area contributed by atoms with Crippen LogP contribution >= 0.6 is 23.2 Å². The number of ether oxygens (including phenoxy) is 3. The van der Waals surface area contributed by atoms with Gasteiger partial charge in [0, 0.05) is 69.9 Å². The maximum absolute atomic E-state index is 12.9. The highest BCUT2D eigenvalue weighted by Crippen LogP contribution is 2.44. The van der Waals surface area contributed by atoms with Gasteiger partial charge in [0.2, 0.25) is 6.41 Å². The van der Waals surface area contributed by atoms with Crippen molar-refractivity contribution in [1.82, 2.24) is 24.8 Å². The molecule has 12 nitrogen and oxygen atoms in total. The van der Waals surface area contributed by atoms with E-state index < -0.39 is 5.97 Å². The lowest BCUT2D eigenvalue weighted by molar-refractivity contribution is -0.109. The Morgan fingerprint density at radius 2 is 1.60 bits per heavy atom. The summed E-state index contributed by atoms with van der Waals surface area (Å²) in [5.74, 6) is 0.207. The Kier molecular flexibility index (Phi) is 15.2. The van der Waals surface area contributed by atoms with E-state index in [0.29, 0.717) is 71.4 Å². The zero-order chi connectivity index (χ0) is 44.5. The Balaban J connectivity index is 1.60. The number of aromatic nitrogens is 4. The van der Waals surface area contributed by atoms with Crippen LogP contribution in [0.25, 0.3) is 33.7 Å². The first-order valence-corrected chi connectivity index (χ1v) is 21.1. The van der Waals surface area contributed by atoms with Gasteiger partial charge in [0.05, 0.1) is 41.7 Å². The van der Waals surface area contributed by atoms with E-state index in [1.807, 2.05) is 90.1 Å². The van der Waals surface area contributed by atoms with Gasteiger partial charge >= 0.3 is 5.97 Å². The number of nitrogens with one attached hydrogen (secondary N) is 2. The highest BCUT2D eigenvalue weighted by Gasteiger charge is 2.24. The van der Waals surface area contributed by atoms with E-state index >= 15 is 0 Å². The number of benzene rings is 3. The first-order valence-electron chi connectivity index (χ1n) is 20.4. The summed E-state index contributed by atoms with van der Waals surface area (Å²) in [6.07, 6.45) is 7.14. The first-order chi connectivity index (χ1) is 29.8. The maximum Gasteiger partial charge on any atom is 0.352 e. The Morgan fingerprint density at radius 1 is 0.887 bits per heavy atom. The Morgan fingerprint density at radius 3 is 2.27 bits per heavy atom. The van der Waals surface area contributed by atoms with Crippen molar-refractivity contribution in [2.75, 3.05) is 38.8 Å². The number of aryl methyl sites for hydroxylation is 5. The number of nitrogens with zero attached hydrogens (tertiary/aromatic N) is 4. The van der Waals surface area contributed by atoms with E-state index in [2.05, 4.69) is 31.7 Å². The minimum Gasteiger partial charge on any atom is -0.494 e. The fraction of sp³-hybridized carbons (Fsp3) is 0.312. The number of amides is 1. The number of methoxy groups -OCH3 is 1. The zero-order valence-electron chi connectivity index (χ0n) is 36.1. The van der Waals surface area contributed by atoms with Crippen LogP contribution in [-0.2, 0) is 16.1 Å². The number of carbonyl (C=O) groups excluding carboxylic acids is 1. The van der Waals surface area contributed by atoms with Crippen LogP contribution in [0.5, 0.6) is 11.5 Å². The highest BCUT2D eigenvalue weighted by atomic mass is 35.5. The lowest BCUT2D eigenvalue weighted by atomic mass is 9.90. The van der Waals surface area contributed by atoms with Gasteiger partial charge in [-0.25, -0.2) is 14.8 Å². The van der Waals surface area contributed by atoms with Gasteiger partial charge in [0.25, 0.3) is 0 Å². The quantitative estimate of drug-likeness (QED) is 0.0384. The van der Waals surface area contributed by atoms with Crippen LogP contribution in [0.2, 0.25) is 10.0 Å². The van der Waals surface area contributed by atoms with E-state index in [1.165, 1.54) is 6.33 Å². The molecule has 62 heavy (non-hydrogen) atoms. The molecule has 6 rings (SSSR count). The topological polar surface area (TPSA) is 150 Å². The molecule has 0 aliphatic heterocycles. The molecule has 0 bridgehead atoms. The van der Waals surface area contributed by atoms with Crippen LogP contribution in [0.15, 0.2) is 67.1 Å². The van der Waals surface area contributed by atoms with Crippen LogP contribution in [0.3, 0.4) is 0 Å². The Hall–Kier alpha value is -5.95. The number of allylic oxidation sites excluding steroid dienone is 1. The maximum atomic E-state index is 12.9. The molecule has 3 N–H and O–H groups in total. The average Bonchev–Trinajstić information content (AvgIpc) is 3.59. The number of hydrogen-bond donors (Lipinski definition) is 3. The third kappa shape index (κ3) is 10.7. The van der Waals surface area contributed by atoms with Crippen molar-refractivity contribution < 1.29 is 28.9 Å². The number of rotatable bonds is 20. The molecule has 14 heteroatoms. The van der Waals surface area contributed by atoms with Gasteiger partial charge in [0.15, 0.2) is 0 Å². The lowest BCUT2D eigenvalue weighted by Gasteiger charge is -2.25. The second-order valence-corrected chi connectivity index (χ2v) is 16.2. The molecule has 3 aromatic heterocycles. The fourth-order valence-electron chi connectivity index (χ4n) is 7.67. The number of hydrogen-bond acceptors (Lipinski definition) is 9. The number of carboxylic acids is 1. The predicted octanol–water partition coefficient (Wildman–Crippen LogP) is 10.1. The molecule has 1 amide bonds. The number of halogens is 2. The van der Waals surface area contributed by atoms with Crippen LogP contribution < -0.4 is 20.1 Å². The largest absolute Gasteiger partial charge is 0.494 e. The van der Waals surface area contributed by atoms with Crippen molar-refractivity contribution in [2.24, 2.45) is 0 Å². The van der Waals surface area contributed by atoms with Gasteiger partial charge in [-0.3, -0.25) is 9.78 Å². The van der Waals surface area contributed by atoms with Gasteiger partial charge in [-0.15, -0.1) is 0 Å². The molecule has 0 spiro atoms. The summed E-state index contributed by atoms with van der Waals surface area (Å²) in [4.78, 5) is 38.1. The van der Waals surface area contributed by atoms with E-state index in [-0.39, 0.29) is 24.9 Å². The minimum absolute atomic E-state index is 0.109. The highest BCUT2D eigenvalue weighted by molar-refractivity contribution is 6.34. The second-order valence-electron chi connectivity index (χ2n) is 15.4. The summed E-state index contributed by atoms with van der Waals surface area (Å²) < 4.78 is 19.6. The third-order valence-electron chi connectivity index (χ3n) is 10.5. The van der Waals surface area contributed by atoms with Crippen LogP contribution in [0.4, 0.5) is 5.69 Å². The molecule has 0 radical (unpaired) electrons. The van der Waals surface area contributed by atoms with E-state index in [9.17, 15) is 14.7 Å². The molecule has 0 fully saturated rings. The molecule has 3 heterocycles. The normalized spacial score (nSPS) is 12.0. The summed E-state index contributed by atoms with van der Waals surface area (Å²) in [5, 5.41) is 18.9. The van der Waals surface area contributed by atoms with Gasteiger partial charge in [0.1, 0.15) is 30.1 Å². The van der Waals surface area contributed by atoms with Gasteiger partial charge in [-0.1, -0.05) is 29.3 Å². The number of carboxylic acid groups (broad SMARTS) is 1. The number of carbonyl (C=O) groups is 2. The Bertz CT molecular complexity index is 2580. The molecule has 0 saturated heterocycles. The summed E-state index contributed by atoms with van der Waals surface area (Å²) in [6.45, 7) is 13.3. The molecule has 3 aromatic carbocycles. The van der Waals surface area contributed by atoms with Crippen molar-refractivity contribution in [3.63, 3.8) is 0 Å². The van der Waals surface area contributed by atoms with Crippen molar-refractivity contribution in [3.05, 3.63) is 128 Å². The van der Waals surface area contributed by atoms with Crippen molar-refractivity contribution in [3.8, 4) is 22.6 Å². The summed E-state index contributed by atoms with van der Waals surface area (Å²) in [7, 11) is 1.61. The molecule has 324 valence electrons. The minimum atomic E-state index is -1.07. The fourth-order valence-corrected chi connectivity index (χ4v) is 8.04. The Labute approximate surface area is 372 Å². The number of fused-ring (bicyclic) bond motifs is 1.